The minimum Gasteiger partial charge on any atom is -0.355 e. The van der Waals surface area contributed by atoms with Gasteiger partial charge in [-0.1, -0.05) is 82.9 Å². The summed E-state index contributed by atoms with van der Waals surface area (Å²) in [5.41, 5.74) is 4.42. The van der Waals surface area contributed by atoms with Gasteiger partial charge in [0.1, 0.15) is 0 Å². The molecule has 2 amide bonds. The Morgan fingerprint density at radius 1 is 0.492 bits per heavy atom. The molecule has 0 unspecified atom stereocenters. The number of aryl methyl sites for hydroxylation is 2. The van der Waals surface area contributed by atoms with Crippen molar-refractivity contribution in [3.8, 4) is 0 Å². The minimum absolute atomic E-state index is 0. The first-order chi connectivity index (χ1) is 29.9. The Kier molecular flexibility index (Phi) is 19.8. The Hall–Kier alpha value is -6.03. The first kappa shape index (κ1) is 49.6. The van der Waals surface area contributed by atoms with E-state index in [1.165, 1.54) is 21.9 Å². The van der Waals surface area contributed by atoms with Gasteiger partial charge in [-0.2, -0.15) is 36.4 Å². The fourth-order valence-corrected chi connectivity index (χ4v) is 5.96. The second-order valence-electron chi connectivity index (χ2n) is 13.7. The van der Waals surface area contributed by atoms with Crippen LogP contribution in [0.5, 0.6) is 0 Å². The molecule has 0 aliphatic rings. The first-order valence-electron chi connectivity index (χ1n) is 19.2. The van der Waals surface area contributed by atoms with Crippen LogP contribution < -0.4 is 9.80 Å². The van der Waals surface area contributed by atoms with E-state index < -0.39 is 35.1 Å². The van der Waals surface area contributed by atoms with Crippen LogP contribution in [0.3, 0.4) is 0 Å². The standard InChI is InChI=1S/2C21H15ClF2NO.2C5H5.Ti/c2*1-14-2-4-15(5-3-14)13-25(20-11-10-18(23)12-19(20)24)21(26)16-6-8-17(22)9-7-16;2*1-2-4-5-3-1;/h2*2-11H,13H2,1H3;2*1-5H;/q4*-1;+4. The van der Waals surface area contributed by atoms with Crippen molar-refractivity contribution in [3.63, 3.8) is 0 Å². The molecule has 11 heteroatoms. The van der Waals surface area contributed by atoms with Gasteiger partial charge in [0.2, 0.25) is 11.8 Å². The molecular weight excluding hydrogens is 879 g/mol. The third kappa shape index (κ3) is 15.7. The van der Waals surface area contributed by atoms with E-state index >= 15 is 0 Å². The zero-order valence-electron chi connectivity index (χ0n) is 34.2. The van der Waals surface area contributed by atoms with E-state index in [9.17, 15) is 27.2 Å². The zero-order chi connectivity index (χ0) is 44.4. The van der Waals surface area contributed by atoms with E-state index in [0.717, 1.165) is 34.4 Å². The summed E-state index contributed by atoms with van der Waals surface area (Å²) in [6.45, 7) is 4.18. The summed E-state index contributed by atoms with van der Waals surface area (Å²) >= 11 is 11.7. The maximum absolute atomic E-state index is 14.3. The number of anilines is 2. The number of amides is 2. The molecular formula is C52H40Cl2F4N2O2Ti. The molecule has 0 saturated carbocycles. The molecule has 316 valence electrons. The van der Waals surface area contributed by atoms with E-state index in [1.807, 2.05) is 135 Å². The third-order valence-electron chi connectivity index (χ3n) is 8.97. The molecule has 0 aliphatic heterocycles. The number of carbonyl (C=O) groups is 2. The van der Waals surface area contributed by atoms with Gasteiger partial charge < -0.3 is 9.80 Å². The van der Waals surface area contributed by atoms with E-state index in [4.69, 9.17) is 23.2 Å². The molecule has 0 atom stereocenters. The van der Waals surface area contributed by atoms with Crippen LogP contribution in [0.2, 0.25) is 10.0 Å². The van der Waals surface area contributed by atoms with Gasteiger partial charge in [-0.3, -0.25) is 9.59 Å². The first-order valence-corrected chi connectivity index (χ1v) is 20.0. The fraction of sp³-hybridized carbons (Fsp3) is 0.0769. The molecule has 0 N–H and O–H groups in total. The molecule has 0 bridgehead atoms. The smallest absolute Gasteiger partial charge is 0.355 e. The molecule has 0 spiro atoms. The number of rotatable bonds is 8. The summed E-state index contributed by atoms with van der Waals surface area (Å²) in [5.74, 6) is -4.30. The summed E-state index contributed by atoms with van der Waals surface area (Å²) in [6.07, 6.45) is 0. The van der Waals surface area contributed by atoms with Crippen LogP contribution >= 0.6 is 23.2 Å². The maximum atomic E-state index is 14.3. The fourth-order valence-electron chi connectivity index (χ4n) is 5.71. The summed E-state index contributed by atoms with van der Waals surface area (Å²) < 4.78 is 55.1. The van der Waals surface area contributed by atoms with Crippen molar-refractivity contribution in [2.24, 2.45) is 0 Å². The molecule has 0 heterocycles. The van der Waals surface area contributed by atoms with E-state index in [1.54, 1.807) is 48.5 Å². The number of hydrogen-bond acceptors (Lipinski definition) is 2. The largest absolute Gasteiger partial charge is 4.00 e. The van der Waals surface area contributed by atoms with Crippen LogP contribution in [-0.4, -0.2) is 11.8 Å². The van der Waals surface area contributed by atoms with Crippen LogP contribution in [0.15, 0.2) is 182 Å². The molecule has 8 rings (SSSR count). The van der Waals surface area contributed by atoms with Gasteiger partial charge in [0.05, 0.1) is 0 Å². The summed E-state index contributed by atoms with van der Waals surface area (Å²) in [6, 6.07) is 56.3. The molecule has 0 fully saturated rings. The van der Waals surface area contributed by atoms with Gasteiger partial charge in [-0.15, -0.1) is 36.4 Å². The monoisotopic (exact) mass is 918 g/mol. The molecule has 63 heavy (non-hydrogen) atoms. The van der Waals surface area contributed by atoms with Crippen molar-refractivity contribution in [2.75, 3.05) is 9.80 Å². The van der Waals surface area contributed by atoms with Crippen LogP contribution in [0.4, 0.5) is 28.9 Å². The molecule has 0 saturated heterocycles. The molecule has 0 aliphatic carbocycles. The number of benzene rings is 6. The van der Waals surface area contributed by atoms with Crippen molar-refractivity contribution in [1.29, 1.82) is 0 Å². The Morgan fingerprint density at radius 2 is 0.810 bits per heavy atom. The van der Waals surface area contributed by atoms with Crippen LogP contribution in [0, 0.1) is 49.2 Å². The van der Waals surface area contributed by atoms with Gasteiger partial charge in [0.25, 0.3) is 0 Å². The Bertz CT molecular complexity index is 2370. The molecule has 8 aromatic rings. The van der Waals surface area contributed by atoms with Crippen molar-refractivity contribution in [2.45, 2.75) is 26.9 Å². The average molecular weight is 920 g/mol. The second kappa shape index (κ2) is 25.2. The van der Waals surface area contributed by atoms with Crippen molar-refractivity contribution in [1.82, 2.24) is 0 Å². The van der Waals surface area contributed by atoms with Gasteiger partial charge in [-0.05, 0) is 84.9 Å². The second-order valence-corrected chi connectivity index (χ2v) is 14.6. The summed E-state index contributed by atoms with van der Waals surface area (Å²) in [5, 5.41) is 0.987. The number of carbonyl (C=O) groups excluding carboxylic acids is 2. The van der Waals surface area contributed by atoms with Crippen LogP contribution in [0.25, 0.3) is 0 Å². The predicted octanol–water partition coefficient (Wildman–Crippen LogP) is 14.0. The molecule has 8 aromatic carbocycles. The number of halogens is 6. The topological polar surface area (TPSA) is 40.6 Å². The normalized spacial score (nSPS) is 10.0. The van der Waals surface area contributed by atoms with Crippen molar-refractivity contribution in [3.05, 3.63) is 261 Å². The minimum atomic E-state index is -0.917. The maximum Gasteiger partial charge on any atom is 4.00 e. The van der Waals surface area contributed by atoms with E-state index in [2.05, 4.69) is 0 Å². The number of hydrogen-bond donors (Lipinski definition) is 0. The molecule has 4 nitrogen and oxygen atoms in total. The van der Waals surface area contributed by atoms with E-state index in [-0.39, 0.29) is 46.2 Å². The van der Waals surface area contributed by atoms with Gasteiger partial charge >= 0.3 is 21.7 Å². The Balaban J connectivity index is 0.000000223. The van der Waals surface area contributed by atoms with Crippen LogP contribution in [0.1, 0.15) is 43.0 Å². The summed E-state index contributed by atoms with van der Waals surface area (Å²) in [4.78, 5) is 28.5. The predicted molar refractivity (Wildman–Crippen MR) is 241 cm³/mol. The van der Waals surface area contributed by atoms with Gasteiger partial charge in [-0.25, -0.2) is 41.8 Å². The molecule has 0 radical (unpaired) electrons. The Labute approximate surface area is 390 Å². The van der Waals surface area contributed by atoms with E-state index in [0.29, 0.717) is 21.2 Å². The third-order valence-corrected chi connectivity index (χ3v) is 9.48. The SMILES string of the molecule is Cc1ccc(CN(C(=O)c2ccc(Cl)cc2)c2ccc(F)[c-]c2F)cc1.Cc1ccc(CN(C(=O)c2ccc(Cl)cc2)c2ccc(F)[c-]c2F)cc1.[Ti+4].c1cc[cH-]c1.c1cc[cH-]c1. The quantitative estimate of drug-likeness (QED) is 0.0866. The zero-order valence-corrected chi connectivity index (χ0v) is 37.3. The van der Waals surface area contributed by atoms with Crippen LogP contribution in [-0.2, 0) is 34.8 Å². The van der Waals surface area contributed by atoms with Gasteiger partial charge in [0.15, 0.2) is 0 Å². The summed E-state index contributed by atoms with van der Waals surface area (Å²) in [7, 11) is 0. The Morgan fingerprint density at radius 3 is 1.08 bits per heavy atom. The number of nitrogens with zero attached hydrogens (tertiary/aromatic N) is 2. The van der Waals surface area contributed by atoms with Crippen molar-refractivity contribution < 1.29 is 48.9 Å². The molecule has 0 aromatic heterocycles. The average Bonchev–Trinajstić information content (AvgIpc) is 4.06. The van der Waals surface area contributed by atoms with Gasteiger partial charge in [0, 0.05) is 57.5 Å². The van der Waals surface area contributed by atoms with Crippen molar-refractivity contribution >= 4 is 46.4 Å².